The van der Waals surface area contributed by atoms with Crippen molar-refractivity contribution in [3.8, 4) is 0 Å². The predicted octanol–water partition coefficient (Wildman–Crippen LogP) is 2.39. The van der Waals surface area contributed by atoms with Crippen LogP contribution in [-0.2, 0) is 10.0 Å². The van der Waals surface area contributed by atoms with Crippen molar-refractivity contribution in [2.45, 2.75) is 4.90 Å². The fraction of sp³-hybridized carbons (Fsp3) is 0. The Morgan fingerprint density at radius 1 is 1.33 bits per heavy atom. The molecule has 7 nitrogen and oxygen atoms in total. The van der Waals surface area contributed by atoms with Gasteiger partial charge >= 0.3 is 5.97 Å². The second-order valence-corrected chi connectivity index (χ2v) is 6.75. The smallest absolute Gasteiger partial charge is 0.347 e. The van der Waals surface area contributed by atoms with Gasteiger partial charge in [-0.25, -0.2) is 13.2 Å². The molecular formula is C12H8N2O5S2. The van der Waals surface area contributed by atoms with Crippen LogP contribution in [0.3, 0.4) is 0 Å². The van der Waals surface area contributed by atoms with E-state index in [0.717, 1.165) is 17.6 Å². The molecule has 3 rings (SSSR count). The van der Waals surface area contributed by atoms with E-state index in [-0.39, 0.29) is 15.5 Å². The summed E-state index contributed by atoms with van der Waals surface area (Å²) < 4.78 is 32.3. The Morgan fingerprint density at radius 3 is 2.76 bits per heavy atom. The van der Waals surface area contributed by atoms with Crippen LogP contribution in [0.1, 0.15) is 9.67 Å². The van der Waals surface area contributed by atoms with Crippen molar-refractivity contribution in [1.82, 2.24) is 5.16 Å². The highest BCUT2D eigenvalue weighted by Crippen LogP contribution is 2.35. The van der Waals surface area contributed by atoms with E-state index in [1.54, 1.807) is 24.3 Å². The number of rotatable bonds is 4. The van der Waals surface area contributed by atoms with Crippen LogP contribution in [0.25, 0.3) is 10.1 Å². The van der Waals surface area contributed by atoms with Gasteiger partial charge in [-0.1, -0.05) is 23.4 Å². The zero-order valence-electron chi connectivity index (χ0n) is 10.3. The molecule has 0 aliphatic heterocycles. The summed E-state index contributed by atoms with van der Waals surface area (Å²) in [5, 5.41) is 13.0. The Morgan fingerprint density at radius 2 is 2.10 bits per heavy atom. The van der Waals surface area contributed by atoms with Crippen LogP contribution in [0.15, 0.2) is 46.1 Å². The molecule has 1 aromatic carbocycles. The predicted molar refractivity (Wildman–Crippen MR) is 76.1 cm³/mol. The first-order chi connectivity index (χ1) is 9.99. The number of sulfonamides is 1. The second kappa shape index (κ2) is 4.86. The molecule has 2 aromatic heterocycles. The molecule has 0 amide bonds. The van der Waals surface area contributed by atoms with Gasteiger partial charge < -0.3 is 9.63 Å². The molecule has 2 N–H and O–H groups in total. The Kier molecular flexibility index (Phi) is 3.15. The van der Waals surface area contributed by atoms with E-state index >= 15 is 0 Å². The number of nitrogens with zero attached hydrogens (tertiary/aromatic N) is 1. The number of aromatic nitrogens is 1. The standard InChI is InChI=1S/C12H8N2O5S2/c15-12(16)10-11(8-3-1-2-4-9(8)20-10)21(17,18)14-7-5-13-19-6-7/h1-6,14H,(H,15,16). The molecule has 0 radical (unpaired) electrons. The van der Waals surface area contributed by atoms with E-state index in [1.165, 1.54) is 6.20 Å². The molecule has 0 atom stereocenters. The van der Waals surface area contributed by atoms with E-state index in [0.29, 0.717) is 10.1 Å². The monoisotopic (exact) mass is 324 g/mol. The highest BCUT2D eigenvalue weighted by Gasteiger charge is 2.28. The molecule has 0 aliphatic carbocycles. The quantitative estimate of drug-likeness (QED) is 0.762. The average molecular weight is 324 g/mol. The van der Waals surface area contributed by atoms with Crippen LogP contribution in [-0.4, -0.2) is 24.7 Å². The van der Waals surface area contributed by atoms with E-state index in [1.807, 2.05) is 0 Å². The van der Waals surface area contributed by atoms with Gasteiger partial charge in [-0.05, 0) is 6.07 Å². The second-order valence-electron chi connectivity index (χ2n) is 4.08. The third kappa shape index (κ3) is 2.36. The number of hydrogen-bond acceptors (Lipinski definition) is 6. The molecular weight excluding hydrogens is 316 g/mol. The molecule has 9 heteroatoms. The molecule has 0 unspecified atom stereocenters. The lowest BCUT2D eigenvalue weighted by atomic mass is 10.2. The minimum Gasteiger partial charge on any atom is -0.477 e. The first-order valence-corrected chi connectivity index (χ1v) is 7.96. The van der Waals surface area contributed by atoms with Gasteiger partial charge in [-0.2, -0.15) is 0 Å². The maximum Gasteiger partial charge on any atom is 0.347 e. The summed E-state index contributed by atoms with van der Waals surface area (Å²) in [6, 6.07) is 6.61. The normalized spacial score (nSPS) is 11.6. The van der Waals surface area contributed by atoms with Gasteiger partial charge in [0.1, 0.15) is 21.7 Å². The van der Waals surface area contributed by atoms with Gasteiger partial charge in [0.15, 0.2) is 0 Å². The lowest BCUT2D eigenvalue weighted by Crippen LogP contribution is -2.15. The number of anilines is 1. The summed E-state index contributed by atoms with van der Waals surface area (Å²) in [5.74, 6) is -1.29. The molecule has 0 saturated carbocycles. The number of hydrogen-bond donors (Lipinski definition) is 2. The number of carboxylic acids is 1. The van der Waals surface area contributed by atoms with Crippen molar-refractivity contribution in [2.75, 3.05) is 4.72 Å². The number of carbonyl (C=O) groups is 1. The molecule has 0 fully saturated rings. The number of benzene rings is 1. The van der Waals surface area contributed by atoms with Gasteiger partial charge in [0, 0.05) is 10.1 Å². The van der Waals surface area contributed by atoms with Gasteiger partial charge in [-0.15, -0.1) is 11.3 Å². The minimum atomic E-state index is -4.06. The van der Waals surface area contributed by atoms with Crippen LogP contribution >= 0.6 is 11.3 Å². The minimum absolute atomic E-state index is 0.126. The summed E-state index contributed by atoms with van der Waals surface area (Å²) in [7, 11) is -4.06. The van der Waals surface area contributed by atoms with Crippen molar-refractivity contribution in [2.24, 2.45) is 0 Å². The Balaban J connectivity index is 2.22. The summed E-state index contributed by atoms with van der Waals surface area (Å²) in [6.07, 6.45) is 2.30. The summed E-state index contributed by atoms with van der Waals surface area (Å²) in [5.41, 5.74) is 0.126. The van der Waals surface area contributed by atoms with Gasteiger partial charge in [-0.3, -0.25) is 4.72 Å². The summed E-state index contributed by atoms with van der Waals surface area (Å²) >= 11 is 0.914. The molecule has 0 bridgehead atoms. The number of thiophene rings is 1. The lowest BCUT2D eigenvalue weighted by Gasteiger charge is -2.05. The Hall–Kier alpha value is -2.39. The number of carboxylic acid groups (broad SMARTS) is 1. The summed E-state index contributed by atoms with van der Waals surface area (Å²) in [4.78, 5) is 10.8. The first kappa shape index (κ1) is 13.6. The molecule has 3 aromatic rings. The van der Waals surface area contributed by atoms with Gasteiger partial charge in [0.25, 0.3) is 10.0 Å². The van der Waals surface area contributed by atoms with Crippen molar-refractivity contribution in [1.29, 1.82) is 0 Å². The van der Waals surface area contributed by atoms with Crippen molar-refractivity contribution in [3.05, 3.63) is 41.6 Å². The Labute approximate surface area is 122 Å². The largest absolute Gasteiger partial charge is 0.477 e. The van der Waals surface area contributed by atoms with Crippen LogP contribution < -0.4 is 4.72 Å². The van der Waals surface area contributed by atoms with E-state index in [4.69, 9.17) is 0 Å². The lowest BCUT2D eigenvalue weighted by molar-refractivity contribution is 0.0698. The molecule has 0 spiro atoms. The highest BCUT2D eigenvalue weighted by molar-refractivity contribution is 7.93. The third-order valence-electron chi connectivity index (χ3n) is 2.70. The van der Waals surface area contributed by atoms with Gasteiger partial charge in [0.2, 0.25) is 0 Å². The van der Waals surface area contributed by atoms with E-state index in [9.17, 15) is 18.3 Å². The van der Waals surface area contributed by atoms with E-state index < -0.39 is 16.0 Å². The zero-order valence-corrected chi connectivity index (χ0v) is 11.9. The molecule has 0 aliphatic rings. The molecule has 108 valence electrons. The highest BCUT2D eigenvalue weighted by atomic mass is 32.2. The Bertz CT molecular complexity index is 912. The molecule has 21 heavy (non-hydrogen) atoms. The number of nitrogens with one attached hydrogen (secondary N) is 1. The summed E-state index contributed by atoms with van der Waals surface area (Å²) in [6.45, 7) is 0. The topological polar surface area (TPSA) is 110 Å². The third-order valence-corrected chi connectivity index (χ3v) is 5.45. The fourth-order valence-corrected chi connectivity index (χ4v) is 4.66. The van der Waals surface area contributed by atoms with Crippen LogP contribution in [0, 0.1) is 0 Å². The maximum atomic E-state index is 12.5. The molecule has 0 saturated heterocycles. The average Bonchev–Trinajstić information content (AvgIpc) is 3.04. The van der Waals surface area contributed by atoms with Crippen LogP contribution in [0.5, 0.6) is 0 Å². The van der Waals surface area contributed by atoms with E-state index in [2.05, 4.69) is 14.4 Å². The van der Waals surface area contributed by atoms with Gasteiger partial charge in [0.05, 0.1) is 6.20 Å². The SMILES string of the molecule is O=C(O)c1sc2ccccc2c1S(=O)(=O)Nc1cnoc1. The van der Waals surface area contributed by atoms with Crippen molar-refractivity contribution < 1.29 is 22.8 Å². The van der Waals surface area contributed by atoms with Crippen molar-refractivity contribution in [3.63, 3.8) is 0 Å². The first-order valence-electron chi connectivity index (χ1n) is 5.66. The zero-order chi connectivity index (χ0) is 15.0. The number of aromatic carboxylic acids is 1. The van der Waals surface area contributed by atoms with Crippen molar-refractivity contribution >= 4 is 43.1 Å². The van der Waals surface area contributed by atoms with Crippen LogP contribution in [0.4, 0.5) is 5.69 Å². The maximum absolute atomic E-state index is 12.5. The van der Waals surface area contributed by atoms with Crippen LogP contribution in [0.2, 0.25) is 0 Å². The number of fused-ring (bicyclic) bond motifs is 1. The fourth-order valence-electron chi connectivity index (χ4n) is 1.89. The molecule has 2 heterocycles.